The molecule has 0 radical (unpaired) electrons. The van der Waals surface area contributed by atoms with Crippen LogP contribution in [0.4, 0.5) is 0 Å². The van der Waals surface area contributed by atoms with Crippen LogP contribution in [0.5, 0.6) is 0 Å². The van der Waals surface area contributed by atoms with E-state index in [1.807, 2.05) is 32.0 Å². The number of halogens is 3. The van der Waals surface area contributed by atoms with E-state index in [0.29, 0.717) is 35.0 Å². The van der Waals surface area contributed by atoms with Gasteiger partial charge >= 0.3 is 0 Å². The summed E-state index contributed by atoms with van der Waals surface area (Å²) in [7, 11) is 1.72. The van der Waals surface area contributed by atoms with Crippen molar-refractivity contribution >= 4 is 53.1 Å². The maximum atomic E-state index is 6.34. The fourth-order valence-corrected chi connectivity index (χ4v) is 3.44. The highest BCUT2D eigenvalue weighted by molar-refractivity contribution is 14.0. The van der Waals surface area contributed by atoms with Gasteiger partial charge in [0.1, 0.15) is 5.76 Å². The Bertz CT molecular complexity index is 735. The summed E-state index contributed by atoms with van der Waals surface area (Å²) in [4.78, 5) is 8.58. The van der Waals surface area contributed by atoms with Crippen LogP contribution >= 0.6 is 47.2 Å². The number of benzene rings is 1. The Labute approximate surface area is 182 Å². The second-order valence-electron chi connectivity index (χ2n) is 6.51. The van der Waals surface area contributed by atoms with Crippen molar-refractivity contribution in [3.63, 3.8) is 0 Å². The molecule has 0 aliphatic carbocycles. The van der Waals surface area contributed by atoms with Gasteiger partial charge in [0, 0.05) is 29.1 Å². The minimum atomic E-state index is -0.275. The lowest BCUT2D eigenvalue weighted by atomic mass is 9.84. The van der Waals surface area contributed by atoms with E-state index in [9.17, 15) is 0 Å². The van der Waals surface area contributed by atoms with E-state index < -0.39 is 0 Å². The normalized spacial score (nSPS) is 11.9. The average Bonchev–Trinajstić information content (AvgIpc) is 2.85. The maximum absolute atomic E-state index is 6.34. The molecule has 8 heteroatoms. The molecule has 1 aromatic carbocycles. The van der Waals surface area contributed by atoms with E-state index >= 15 is 0 Å². The molecule has 0 unspecified atom stereocenters. The van der Waals surface area contributed by atoms with Gasteiger partial charge in [0.25, 0.3) is 0 Å². The molecule has 0 fully saturated rings. The van der Waals surface area contributed by atoms with Crippen molar-refractivity contribution in [2.45, 2.75) is 39.7 Å². The van der Waals surface area contributed by atoms with Crippen molar-refractivity contribution in [2.24, 2.45) is 4.99 Å². The number of nitrogens with one attached hydrogen (secondary N) is 2. The first-order chi connectivity index (χ1) is 11.7. The molecule has 0 aliphatic heterocycles. The van der Waals surface area contributed by atoms with Crippen LogP contribution in [0.15, 0.2) is 27.6 Å². The van der Waals surface area contributed by atoms with Crippen LogP contribution < -0.4 is 10.6 Å². The van der Waals surface area contributed by atoms with E-state index in [-0.39, 0.29) is 29.4 Å². The molecule has 1 heterocycles. The Morgan fingerprint density at radius 3 is 2.31 bits per heavy atom. The molecule has 0 amide bonds. The Balaban J connectivity index is 0.00000338. The summed E-state index contributed by atoms with van der Waals surface area (Å²) in [6.45, 7) is 9.06. The van der Waals surface area contributed by atoms with Crippen LogP contribution in [0, 0.1) is 13.8 Å². The van der Waals surface area contributed by atoms with E-state index in [4.69, 9.17) is 27.6 Å². The predicted octanol–water partition coefficient (Wildman–Crippen LogP) is 4.86. The SMILES string of the molecule is CN=C(NCc1nc(C)c(C)o1)NCC(C)(C)c1c(Cl)cccc1Cl.I. The molecule has 0 aliphatic rings. The Kier molecular flexibility index (Phi) is 8.69. The average molecular weight is 511 g/mol. The molecule has 26 heavy (non-hydrogen) atoms. The number of aromatic nitrogens is 1. The van der Waals surface area contributed by atoms with Crippen molar-refractivity contribution in [1.29, 1.82) is 0 Å². The zero-order chi connectivity index (χ0) is 18.6. The number of hydrogen-bond acceptors (Lipinski definition) is 3. The molecule has 5 nitrogen and oxygen atoms in total. The van der Waals surface area contributed by atoms with Crippen LogP contribution in [0.25, 0.3) is 0 Å². The Morgan fingerprint density at radius 1 is 1.19 bits per heavy atom. The van der Waals surface area contributed by atoms with Crippen LogP contribution in [0.3, 0.4) is 0 Å². The van der Waals surface area contributed by atoms with E-state index in [0.717, 1.165) is 17.0 Å². The van der Waals surface area contributed by atoms with Crippen molar-refractivity contribution in [2.75, 3.05) is 13.6 Å². The van der Waals surface area contributed by atoms with Gasteiger partial charge in [-0.1, -0.05) is 43.1 Å². The number of aryl methyl sites for hydroxylation is 2. The van der Waals surface area contributed by atoms with Gasteiger partial charge in [-0.3, -0.25) is 4.99 Å². The summed E-state index contributed by atoms with van der Waals surface area (Å²) < 4.78 is 5.56. The van der Waals surface area contributed by atoms with E-state index in [1.165, 1.54) is 0 Å². The van der Waals surface area contributed by atoms with Gasteiger partial charge in [-0.15, -0.1) is 24.0 Å². The molecule has 2 rings (SSSR count). The number of rotatable bonds is 5. The molecular weight excluding hydrogens is 486 g/mol. The summed E-state index contributed by atoms with van der Waals surface area (Å²) in [5.74, 6) is 2.12. The first kappa shape index (κ1) is 23.0. The second kappa shape index (κ2) is 9.80. The first-order valence-electron chi connectivity index (χ1n) is 8.06. The third kappa shape index (κ3) is 5.76. The quantitative estimate of drug-likeness (QED) is 0.342. The third-order valence-corrected chi connectivity index (χ3v) is 4.67. The molecular formula is C18H25Cl2IN4O. The summed E-state index contributed by atoms with van der Waals surface area (Å²) in [6.07, 6.45) is 0. The summed E-state index contributed by atoms with van der Waals surface area (Å²) in [6, 6.07) is 5.55. The van der Waals surface area contributed by atoms with E-state index in [1.54, 1.807) is 7.05 Å². The fraction of sp³-hybridized carbons (Fsp3) is 0.444. The van der Waals surface area contributed by atoms with Gasteiger partial charge in [-0.2, -0.15) is 0 Å². The number of guanidine groups is 1. The topological polar surface area (TPSA) is 62.5 Å². The van der Waals surface area contributed by atoms with Gasteiger partial charge in [0.15, 0.2) is 5.96 Å². The Hall–Kier alpha value is -0.990. The highest BCUT2D eigenvalue weighted by Gasteiger charge is 2.26. The molecule has 2 N–H and O–H groups in total. The summed E-state index contributed by atoms with van der Waals surface area (Å²) in [5, 5.41) is 7.82. The number of nitrogens with zero attached hydrogens (tertiary/aromatic N) is 2. The van der Waals surface area contributed by atoms with E-state index in [2.05, 4.69) is 34.5 Å². The molecule has 0 spiro atoms. The molecule has 0 atom stereocenters. The summed E-state index contributed by atoms with van der Waals surface area (Å²) >= 11 is 12.7. The largest absolute Gasteiger partial charge is 0.444 e. The van der Waals surface area contributed by atoms with Crippen LogP contribution in [-0.2, 0) is 12.0 Å². The van der Waals surface area contributed by atoms with Gasteiger partial charge in [0.2, 0.25) is 5.89 Å². The molecule has 0 saturated carbocycles. The standard InChI is InChI=1S/C18H24Cl2N4O.HI/c1-11-12(2)25-15(24-11)9-22-17(21-5)23-10-18(3,4)16-13(19)7-6-8-14(16)20;/h6-8H,9-10H2,1-5H3,(H2,21,22,23);1H. The van der Waals surface area contributed by atoms with Crippen molar-refractivity contribution in [3.05, 3.63) is 51.2 Å². The monoisotopic (exact) mass is 510 g/mol. The molecule has 1 aromatic heterocycles. The van der Waals surface area contributed by atoms with Gasteiger partial charge in [-0.25, -0.2) is 4.98 Å². The highest BCUT2D eigenvalue weighted by atomic mass is 127. The van der Waals surface area contributed by atoms with Crippen LogP contribution in [0.1, 0.15) is 36.8 Å². The number of hydrogen-bond donors (Lipinski definition) is 2. The smallest absolute Gasteiger partial charge is 0.214 e. The van der Waals surface area contributed by atoms with Gasteiger partial charge in [-0.05, 0) is 31.5 Å². The lowest BCUT2D eigenvalue weighted by Crippen LogP contribution is -2.43. The lowest BCUT2D eigenvalue weighted by molar-refractivity contribution is 0.461. The van der Waals surface area contributed by atoms with Crippen LogP contribution in [-0.4, -0.2) is 24.5 Å². The number of oxazole rings is 1. The minimum Gasteiger partial charge on any atom is -0.444 e. The Morgan fingerprint density at radius 2 is 1.81 bits per heavy atom. The van der Waals surface area contributed by atoms with Crippen LogP contribution in [0.2, 0.25) is 10.0 Å². The molecule has 0 bridgehead atoms. The van der Waals surface area contributed by atoms with Gasteiger partial charge < -0.3 is 15.1 Å². The predicted molar refractivity (Wildman–Crippen MR) is 119 cm³/mol. The highest BCUT2D eigenvalue weighted by Crippen LogP contribution is 2.35. The van der Waals surface area contributed by atoms with Gasteiger partial charge in [0.05, 0.1) is 12.2 Å². The van der Waals surface area contributed by atoms with Crippen molar-refractivity contribution in [3.8, 4) is 0 Å². The molecule has 0 saturated heterocycles. The maximum Gasteiger partial charge on any atom is 0.214 e. The fourth-order valence-electron chi connectivity index (χ4n) is 2.53. The molecule has 2 aromatic rings. The zero-order valence-electron chi connectivity index (χ0n) is 15.6. The molecule has 144 valence electrons. The first-order valence-corrected chi connectivity index (χ1v) is 8.82. The third-order valence-electron chi connectivity index (χ3n) is 4.04. The summed E-state index contributed by atoms with van der Waals surface area (Å²) in [5.41, 5.74) is 1.54. The zero-order valence-corrected chi connectivity index (χ0v) is 19.5. The lowest BCUT2D eigenvalue weighted by Gasteiger charge is -2.28. The van der Waals surface area contributed by atoms with Crippen molar-refractivity contribution < 1.29 is 4.42 Å². The van der Waals surface area contributed by atoms with Crippen molar-refractivity contribution in [1.82, 2.24) is 15.6 Å². The minimum absolute atomic E-state index is 0. The second-order valence-corrected chi connectivity index (χ2v) is 7.32. The number of aliphatic imine (C=N–C) groups is 1.